The molecule has 0 fully saturated rings. The molecule has 0 saturated heterocycles. The van der Waals surface area contributed by atoms with Gasteiger partial charge in [0.05, 0.1) is 0 Å². The van der Waals surface area contributed by atoms with E-state index in [0.717, 1.165) is 22.0 Å². The lowest BCUT2D eigenvalue weighted by Gasteiger charge is -2.32. The zero-order valence-electron chi connectivity index (χ0n) is 19.9. The third kappa shape index (κ3) is 7.92. The van der Waals surface area contributed by atoms with Gasteiger partial charge < -0.3 is 15.0 Å². The first-order valence-electron chi connectivity index (χ1n) is 11.6. The van der Waals surface area contributed by atoms with Crippen molar-refractivity contribution in [1.29, 1.82) is 0 Å². The minimum Gasteiger partial charge on any atom is -0.481 e. The van der Waals surface area contributed by atoms with Gasteiger partial charge in [-0.15, -0.1) is 0 Å². The van der Waals surface area contributed by atoms with Gasteiger partial charge in [0.2, 0.25) is 5.91 Å². The van der Waals surface area contributed by atoms with Crippen molar-refractivity contribution in [3.05, 3.63) is 100 Å². The van der Waals surface area contributed by atoms with Gasteiger partial charge in [0, 0.05) is 23.5 Å². The Kier molecular flexibility index (Phi) is 9.85. The van der Waals surface area contributed by atoms with Gasteiger partial charge in [0.15, 0.2) is 18.2 Å². The fourth-order valence-corrected chi connectivity index (χ4v) is 4.06. The molecular weight excluding hydrogens is 511 g/mol. The highest BCUT2D eigenvalue weighted by Gasteiger charge is 2.31. The average Bonchev–Trinajstić information content (AvgIpc) is 2.86. The van der Waals surface area contributed by atoms with Crippen LogP contribution >= 0.6 is 15.9 Å². The highest BCUT2D eigenvalue weighted by molar-refractivity contribution is 9.10. The summed E-state index contributed by atoms with van der Waals surface area (Å²) in [6.07, 6.45) is 1.10. The molecule has 0 aliphatic carbocycles. The number of carbonyl (C=O) groups is 2. The van der Waals surface area contributed by atoms with Gasteiger partial charge in [0.25, 0.3) is 5.91 Å². The average molecular weight is 541 g/mol. The van der Waals surface area contributed by atoms with Crippen molar-refractivity contribution in [2.24, 2.45) is 0 Å². The molecule has 7 heteroatoms. The minimum absolute atomic E-state index is 0.00748. The first-order valence-corrected chi connectivity index (χ1v) is 12.4. The lowest BCUT2D eigenvalue weighted by atomic mass is 10.0. The molecule has 3 aromatic carbocycles. The Morgan fingerprint density at radius 1 is 1.00 bits per heavy atom. The van der Waals surface area contributed by atoms with E-state index in [1.165, 1.54) is 17.0 Å². The topological polar surface area (TPSA) is 58.6 Å². The second-order valence-corrected chi connectivity index (χ2v) is 9.31. The summed E-state index contributed by atoms with van der Waals surface area (Å²) < 4.78 is 20.5. The maximum Gasteiger partial charge on any atom is 0.261 e. The van der Waals surface area contributed by atoms with Crippen LogP contribution in [0.25, 0.3) is 0 Å². The SMILES string of the molecule is CC[C@@H](C)NC(=O)[C@@H](Cc1ccccc1)N(Cc1cccc(Br)c1)C(=O)COc1ccccc1F. The summed E-state index contributed by atoms with van der Waals surface area (Å²) in [5.74, 6) is -1.20. The molecule has 3 rings (SSSR count). The lowest BCUT2D eigenvalue weighted by molar-refractivity contribution is -0.143. The number of ether oxygens (including phenoxy) is 1. The van der Waals surface area contributed by atoms with Crippen molar-refractivity contribution in [2.45, 2.75) is 45.3 Å². The number of nitrogens with zero attached hydrogens (tertiary/aromatic N) is 1. The molecule has 2 amide bonds. The largest absolute Gasteiger partial charge is 0.481 e. The first kappa shape index (κ1) is 26.4. The highest BCUT2D eigenvalue weighted by Crippen LogP contribution is 2.20. The van der Waals surface area contributed by atoms with Crippen LogP contribution in [-0.2, 0) is 22.6 Å². The molecule has 0 aliphatic rings. The molecular formula is C28H30BrFN2O3. The predicted octanol–water partition coefficient (Wildman–Crippen LogP) is 5.52. The van der Waals surface area contributed by atoms with Crippen molar-refractivity contribution in [2.75, 3.05) is 6.61 Å². The summed E-state index contributed by atoms with van der Waals surface area (Å²) in [5, 5.41) is 3.02. The number of benzene rings is 3. The molecule has 0 saturated carbocycles. The van der Waals surface area contributed by atoms with Crippen LogP contribution in [0.15, 0.2) is 83.3 Å². The third-order valence-electron chi connectivity index (χ3n) is 5.70. The molecule has 1 N–H and O–H groups in total. The van der Waals surface area contributed by atoms with Crippen molar-refractivity contribution in [1.82, 2.24) is 10.2 Å². The van der Waals surface area contributed by atoms with Gasteiger partial charge in [-0.3, -0.25) is 9.59 Å². The number of rotatable bonds is 11. The molecule has 3 aromatic rings. The Hall–Kier alpha value is -3.19. The quantitative estimate of drug-likeness (QED) is 0.348. The maximum atomic E-state index is 14.1. The molecule has 0 aliphatic heterocycles. The Balaban J connectivity index is 1.92. The van der Waals surface area contributed by atoms with E-state index in [1.807, 2.05) is 68.4 Å². The molecule has 0 unspecified atom stereocenters. The van der Waals surface area contributed by atoms with E-state index in [-0.39, 0.29) is 24.2 Å². The van der Waals surface area contributed by atoms with Crippen LogP contribution in [0.5, 0.6) is 5.75 Å². The maximum absolute atomic E-state index is 14.1. The van der Waals surface area contributed by atoms with E-state index in [0.29, 0.717) is 6.42 Å². The van der Waals surface area contributed by atoms with Gasteiger partial charge in [0.1, 0.15) is 6.04 Å². The number of carbonyl (C=O) groups excluding carboxylic acids is 2. The summed E-state index contributed by atoms with van der Waals surface area (Å²) in [6, 6.07) is 22.3. The summed E-state index contributed by atoms with van der Waals surface area (Å²) in [4.78, 5) is 28.4. The van der Waals surface area contributed by atoms with E-state index in [9.17, 15) is 14.0 Å². The van der Waals surface area contributed by atoms with Crippen molar-refractivity contribution < 1.29 is 18.7 Å². The summed E-state index contributed by atoms with van der Waals surface area (Å²) in [5.41, 5.74) is 1.78. The third-order valence-corrected chi connectivity index (χ3v) is 6.20. The number of hydrogen-bond acceptors (Lipinski definition) is 3. The molecule has 0 radical (unpaired) electrons. The Bertz CT molecular complexity index is 1130. The summed E-state index contributed by atoms with van der Waals surface area (Å²) in [6.45, 7) is 3.73. The van der Waals surface area contributed by atoms with E-state index in [4.69, 9.17) is 4.74 Å². The summed E-state index contributed by atoms with van der Waals surface area (Å²) >= 11 is 3.47. The van der Waals surface area contributed by atoms with Crippen LogP contribution in [0.3, 0.4) is 0 Å². The van der Waals surface area contributed by atoms with Crippen LogP contribution in [0.1, 0.15) is 31.4 Å². The minimum atomic E-state index is -0.776. The van der Waals surface area contributed by atoms with Crippen LogP contribution in [0.2, 0.25) is 0 Å². The Labute approximate surface area is 214 Å². The van der Waals surface area contributed by atoms with E-state index >= 15 is 0 Å². The van der Waals surface area contributed by atoms with Crippen molar-refractivity contribution >= 4 is 27.7 Å². The number of halogens is 2. The lowest BCUT2D eigenvalue weighted by Crippen LogP contribution is -2.53. The predicted molar refractivity (Wildman–Crippen MR) is 138 cm³/mol. The normalized spacial score (nSPS) is 12.5. The second-order valence-electron chi connectivity index (χ2n) is 8.39. The van der Waals surface area contributed by atoms with Crippen LogP contribution < -0.4 is 10.1 Å². The molecule has 0 bridgehead atoms. The molecule has 0 spiro atoms. The number of para-hydroxylation sites is 1. The zero-order chi connectivity index (χ0) is 25.2. The Morgan fingerprint density at radius 2 is 1.69 bits per heavy atom. The molecule has 0 aromatic heterocycles. The van der Waals surface area contributed by atoms with Crippen molar-refractivity contribution in [3.8, 4) is 5.75 Å². The first-order chi connectivity index (χ1) is 16.9. The van der Waals surface area contributed by atoms with Crippen LogP contribution in [0.4, 0.5) is 4.39 Å². The van der Waals surface area contributed by atoms with Gasteiger partial charge in [-0.25, -0.2) is 4.39 Å². The second kappa shape index (κ2) is 13.0. The van der Waals surface area contributed by atoms with Gasteiger partial charge in [-0.2, -0.15) is 0 Å². The number of amides is 2. The highest BCUT2D eigenvalue weighted by atomic mass is 79.9. The molecule has 184 valence electrons. The fourth-order valence-electron chi connectivity index (χ4n) is 3.61. The van der Waals surface area contributed by atoms with E-state index < -0.39 is 24.4 Å². The molecule has 2 atom stereocenters. The van der Waals surface area contributed by atoms with E-state index in [1.54, 1.807) is 12.1 Å². The molecule has 5 nitrogen and oxygen atoms in total. The fraction of sp³-hybridized carbons (Fsp3) is 0.286. The number of nitrogens with one attached hydrogen (secondary N) is 1. The van der Waals surface area contributed by atoms with Gasteiger partial charge >= 0.3 is 0 Å². The zero-order valence-corrected chi connectivity index (χ0v) is 21.5. The van der Waals surface area contributed by atoms with Crippen LogP contribution in [-0.4, -0.2) is 35.4 Å². The van der Waals surface area contributed by atoms with Crippen LogP contribution in [0, 0.1) is 5.82 Å². The van der Waals surface area contributed by atoms with Crippen molar-refractivity contribution in [3.63, 3.8) is 0 Å². The molecule has 35 heavy (non-hydrogen) atoms. The van der Waals surface area contributed by atoms with Gasteiger partial charge in [-0.05, 0) is 48.7 Å². The monoisotopic (exact) mass is 540 g/mol. The smallest absolute Gasteiger partial charge is 0.261 e. The number of hydrogen-bond donors (Lipinski definition) is 1. The van der Waals surface area contributed by atoms with Gasteiger partial charge in [-0.1, -0.05) is 77.5 Å². The Morgan fingerprint density at radius 3 is 2.37 bits per heavy atom. The summed E-state index contributed by atoms with van der Waals surface area (Å²) in [7, 11) is 0. The standard InChI is InChI=1S/C28H30BrFN2O3/c1-3-20(2)31-28(34)25(17-21-10-5-4-6-11-21)32(18-22-12-9-13-23(29)16-22)27(33)19-35-26-15-8-7-14-24(26)30/h4-16,20,25H,3,17-19H2,1-2H3,(H,31,34)/t20-,25-/m1/s1. The molecule has 0 heterocycles. The van der Waals surface area contributed by atoms with E-state index in [2.05, 4.69) is 21.2 Å².